The first kappa shape index (κ1) is 25.9. The smallest absolute Gasteiger partial charge is 0.250 e. The zero-order valence-corrected chi connectivity index (χ0v) is 21.8. The molecule has 1 aliphatic rings. The number of hydrogen-bond acceptors (Lipinski definition) is 5. The fraction of sp³-hybridized carbons (Fsp3) is 0.357. The molecule has 36 heavy (non-hydrogen) atoms. The Kier molecular flexibility index (Phi) is 7.76. The Morgan fingerprint density at radius 3 is 2.31 bits per heavy atom. The second-order valence-electron chi connectivity index (χ2n) is 9.64. The quantitative estimate of drug-likeness (QED) is 0.297. The van der Waals surface area contributed by atoms with Gasteiger partial charge in [-0.25, -0.2) is 12.7 Å². The summed E-state index contributed by atoms with van der Waals surface area (Å²) in [6.45, 7) is 3.14. The topological polar surface area (TPSA) is 92.0 Å². The molecule has 3 aromatic rings. The normalized spacial score (nSPS) is 16.7. The van der Waals surface area contributed by atoms with E-state index in [-0.39, 0.29) is 11.5 Å². The number of sulfonamides is 1. The molecule has 0 amide bonds. The third-order valence-electron chi connectivity index (χ3n) is 7.24. The van der Waals surface area contributed by atoms with Crippen LogP contribution in [0.1, 0.15) is 52.5 Å². The molecule has 1 aliphatic heterocycles. The summed E-state index contributed by atoms with van der Waals surface area (Å²) in [4.78, 5) is 11.9. The van der Waals surface area contributed by atoms with Crippen LogP contribution >= 0.6 is 0 Å². The van der Waals surface area contributed by atoms with E-state index in [0.717, 1.165) is 29.5 Å². The lowest BCUT2D eigenvalue weighted by atomic mass is 9.82. The van der Waals surface area contributed by atoms with Gasteiger partial charge in [0.1, 0.15) is 0 Å². The van der Waals surface area contributed by atoms with Crippen LogP contribution in [0.4, 0.5) is 0 Å². The third-order valence-corrected chi connectivity index (χ3v) is 8.54. The summed E-state index contributed by atoms with van der Waals surface area (Å²) in [6, 6.07) is 19.7. The highest BCUT2D eigenvalue weighted by molar-refractivity contribution is 7.88. The molecule has 0 spiro atoms. The Balaban J connectivity index is 1.65. The third kappa shape index (κ3) is 5.77. The molecule has 1 unspecified atom stereocenters. The van der Waals surface area contributed by atoms with Crippen molar-refractivity contribution in [2.45, 2.75) is 38.0 Å². The molecule has 0 aliphatic carbocycles. The lowest BCUT2D eigenvalue weighted by molar-refractivity contribution is 0.317. The number of nitrogens with zero attached hydrogens (tertiary/aromatic N) is 3. The number of aryl methyl sites for hydroxylation is 2. The minimum atomic E-state index is -3.15. The summed E-state index contributed by atoms with van der Waals surface area (Å²) in [5.74, 6) is 0.0798. The Hall–Kier alpha value is -3.23. The average Bonchev–Trinajstić information content (AvgIpc) is 2.87. The molecule has 0 radical (unpaired) electrons. The van der Waals surface area contributed by atoms with Gasteiger partial charge in [-0.05, 0) is 60.4 Å². The van der Waals surface area contributed by atoms with E-state index >= 15 is 0 Å². The molecule has 1 atom stereocenters. The molecule has 190 valence electrons. The Morgan fingerprint density at radius 1 is 1.06 bits per heavy atom. The van der Waals surface area contributed by atoms with Gasteiger partial charge in [-0.2, -0.15) is 0 Å². The van der Waals surface area contributed by atoms with Crippen molar-refractivity contribution in [1.82, 2.24) is 8.87 Å². The molecule has 1 saturated heterocycles. The van der Waals surface area contributed by atoms with Gasteiger partial charge in [0.15, 0.2) is 0 Å². The fourth-order valence-electron chi connectivity index (χ4n) is 5.03. The van der Waals surface area contributed by atoms with Gasteiger partial charge in [0.05, 0.1) is 12.0 Å². The second-order valence-corrected chi connectivity index (χ2v) is 11.6. The number of benzene rings is 2. The van der Waals surface area contributed by atoms with Crippen LogP contribution in [-0.4, -0.2) is 47.6 Å². The standard InChI is InChI=1S/C28H33N3O4S/c1-20-6-4-5-7-24(20)18-26(28(29-33)25-12-13-27(32)30(2)19-25)23-10-8-21(9-11-23)22-14-16-31(17-15-22)36(3,34)35/h4-13,19,22,26,33H,14-18H2,1-3H3. The summed E-state index contributed by atoms with van der Waals surface area (Å²) < 4.78 is 26.7. The highest BCUT2D eigenvalue weighted by atomic mass is 32.2. The minimum absolute atomic E-state index is 0.127. The van der Waals surface area contributed by atoms with Crippen LogP contribution in [0.3, 0.4) is 0 Å². The first-order chi connectivity index (χ1) is 17.2. The van der Waals surface area contributed by atoms with Gasteiger partial charge in [0, 0.05) is 43.9 Å². The molecule has 1 fully saturated rings. The molecule has 2 aromatic carbocycles. The van der Waals surface area contributed by atoms with Crippen molar-refractivity contribution in [2.24, 2.45) is 12.2 Å². The molecular weight excluding hydrogens is 474 g/mol. The van der Waals surface area contributed by atoms with Gasteiger partial charge < -0.3 is 9.77 Å². The Bertz CT molecular complexity index is 1400. The van der Waals surface area contributed by atoms with Crippen LogP contribution in [0.2, 0.25) is 0 Å². The Labute approximate surface area is 212 Å². The summed E-state index contributed by atoms with van der Waals surface area (Å²) in [6.07, 6.45) is 5.19. The summed E-state index contributed by atoms with van der Waals surface area (Å²) >= 11 is 0. The van der Waals surface area contributed by atoms with E-state index in [4.69, 9.17) is 0 Å². The van der Waals surface area contributed by atoms with Gasteiger partial charge in [-0.3, -0.25) is 4.79 Å². The maximum Gasteiger partial charge on any atom is 0.250 e. The summed E-state index contributed by atoms with van der Waals surface area (Å²) in [5, 5.41) is 13.8. The SMILES string of the molecule is Cc1ccccc1CC(C(=NO)c1ccc(=O)n(C)c1)c1ccc(C2CCN(S(C)(=O)=O)CC2)cc1. The molecule has 7 nitrogen and oxygen atoms in total. The predicted octanol–water partition coefficient (Wildman–Crippen LogP) is 4.04. The van der Waals surface area contributed by atoms with Crippen LogP contribution in [0.25, 0.3) is 0 Å². The van der Waals surface area contributed by atoms with Crippen molar-refractivity contribution in [3.05, 3.63) is 105 Å². The molecule has 0 saturated carbocycles. The minimum Gasteiger partial charge on any atom is -0.411 e. The Morgan fingerprint density at radius 2 is 1.72 bits per heavy atom. The molecule has 4 rings (SSSR count). The van der Waals surface area contributed by atoms with Crippen molar-refractivity contribution in [3.63, 3.8) is 0 Å². The van der Waals surface area contributed by atoms with Crippen LogP contribution in [-0.2, 0) is 23.5 Å². The van der Waals surface area contributed by atoms with E-state index in [1.54, 1.807) is 23.6 Å². The summed E-state index contributed by atoms with van der Waals surface area (Å²) in [5.41, 5.74) is 5.58. The van der Waals surface area contributed by atoms with Crippen molar-refractivity contribution >= 4 is 15.7 Å². The van der Waals surface area contributed by atoms with Gasteiger partial charge in [0.2, 0.25) is 15.6 Å². The van der Waals surface area contributed by atoms with Gasteiger partial charge in [0.25, 0.3) is 0 Å². The van der Waals surface area contributed by atoms with E-state index < -0.39 is 10.0 Å². The van der Waals surface area contributed by atoms with Gasteiger partial charge in [-0.1, -0.05) is 53.7 Å². The van der Waals surface area contributed by atoms with Gasteiger partial charge in [-0.15, -0.1) is 0 Å². The van der Waals surface area contributed by atoms with Crippen molar-refractivity contribution in [1.29, 1.82) is 0 Å². The number of oxime groups is 1. The number of piperidine rings is 1. The highest BCUT2D eigenvalue weighted by Crippen LogP contribution is 2.32. The number of pyridine rings is 1. The number of hydrogen-bond donors (Lipinski definition) is 1. The monoisotopic (exact) mass is 507 g/mol. The van der Waals surface area contributed by atoms with E-state index in [2.05, 4.69) is 48.5 Å². The molecule has 8 heteroatoms. The van der Waals surface area contributed by atoms with Crippen molar-refractivity contribution < 1.29 is 13.6 Å². The van der Waals surface area contributed by atoms with Gasteiger partial charge >= 0.3 is 0 Å². The van der Waals surface area contributed by atoms with E-state index in [9.17, 15) is 18.4 Å². The molecule has 1 N–H and O–H groups in total. The van der Waals surface area contributed by atoms with E-state index in [0.29, 0.717) is 36.7 Å². The van der Waals surface area contributed by atoms with Crippen LogP contribution in [0.5, 0.6) is 0 Å². The second kappa shape index (κ2) is 10.8. The lowest BCUT2D eigenvalue weighted by Gasteiger charge is -2.30. The average molecular weight is 508 g/mol. The van der Waals surface area contributed by atoms with Crippen LogP contribution < -0.4 is 5.56 Å². The zero-order chi connectivity index (χ0) is 25.9. The van der Waals surface area contributed by atoms with E-state index in [1.165, 1.54) is 22.5 Å². The van der Waals surface area contributed by atoms with Crippen LogP contribution in [0.15, 0.2) is 76.8 Å². The largest absolute Gasteiger partial charge is 0.411 e. The maximum atomic E-state index is 11.9. The summed E-state index contributed by atoms with van der Waals surface area (Å²) in [7, 11) is -1.47. The van der Waals surface area contributed by atoms with Crippen molar-refractivity contribution in [2.75, 3.05) is 19.3 Å². The molecule has 1 aromatic heterocycles. The zero-order valence-electron chi connectivity index (χ0n) is 21.0. The van der Waals surface area contributed by atoms with E-state index in [1.807, 2.05) is 12.1 Å². The number of rotatable bonds is 7. The predicted molar refractivity (Wildman–Crippen MR) is 142 cm³/mol. The maximum absolute atomic E-state index is 11.9. The first-order valence-corrected chi connectivity index (χ1v) is 14.0. The fourth-order valence-corrected chi connectivity index (χ4v) is 5.90. The number of aromatic nitrogens is 1. The highest BCUT2D eigenvalue weighted by Gasteiger charge is 2.27. The lowest BCUT2D eigenvalue weighted by Crippen LogP contribution is -2.37. The molecule has 2 heterocycles. The first-order valence-electron chi connectivity index (χ1n) is 12.2. The van der Waals surface area contributed by atoms with Crippen LogP contribution in [0, 0.1) is 6.92 Å². The molecular formula is C28H33N3O4S. The molecule has 0 bridgehead atoms. The van der Waals surface area contributed by atoms with Crippen molar-refractivity contribution in [3.8, 4) is 0 Å².